The second-order valence-electron chi connectivity index (χ2n) is 4.45. The van der Waals surface area contributed by atoms with Crippen molar-refractivity contribution in [2.24, 2.45) is 0 Å². The van der Waals surface area contributed by atoms with Gasteiger partial charge >= 0.3 is 0 Å². The lowest BCUT2D eigenvalue weighted by atomic mass is 10.1. The van der Waals surface area contributed by atoms with Crippen LogP contribution in [0.25, 0.3) is 22.2 Å². The zero-order valence-electron chi connectivity index (χ0n) is 10.6. The predicted molar refractivity (Wildman–Crippen MR) is 81.2 cm³/mol. The number of halogens is 1. The first-order valence-corrected chi connectivity index (χ1v) is 7.04. The third-order valence-electron chi connectivity index (χ3n) is 3.16. The summed E-state index contributed by atoms with van der Waals surface area (Å²) in [5, 5.41) is 4.32. The Kier molecular flexibility index (Phi) is 3.40. The molecule has 0 aliphatic heterocycles. The molecule has 3 rings (SSSR count). The fourth-order valence-electron chi connectivity index (χ4n) is 2.21. The van der Waals surface area contributed by atoms with Crippen LogP contribution in [0, 0.1) is 0 Å². The molecule has 0 saturated carbocycles. The molecular formula is C14H15BrN4. The van der Waals surface area contributed by atoms with Crippen molar-refractivity contribution in [3.05, 3.63) is 40.9 Å². The summed E-state index contributed by atoms with van der Waals surface area (Å²) in [6.45, 7) is 0.910. The molecule has 4 nitrogen and oxygen atoms in total. The molecule has 1 aromatic carbocycles. The van der Waals surface area contributed by atoms with Gasteiger partial charge in [-0.25, -0.2) is 4.98 Å². The van der Waals surface area contributed by atoms with Crippen LogP contribution in [0.3, 0.4) is 0 Å². The van der Waals surface area contributed by atoms with E-state index >= 15 is 0 Å². The standard InChI is InChI=1S/C14H15BrN4/c1-16-7-6-12-18-13(14(15)19-12)10-8-17-11-5-3-2-4-9(10)11/h2-5,8,16-17H,6-7H2,1H3,(H,18,19). The number of aromatic nitrogens is 3. The number of nitrogens with zero attached hydrogens (tertiary/aromatic N) is 1. The van der Waals surface area contributed by atoms with Crippen molar-refractivity contribution in [1.29, 1.82) is 0 Å². The maximum absolute atomic E-state index is 4.68. The Morgan fingerprint density at radius 2 is 2.16 bits per heavy atom. The lowest BCUT2D eigenvalue weighted by Gasteiger charge is -1.95. The van der Waals surface area contributed by atoms with Crippen LogP contribution in [0.1, 0.15) is 5.82 Å². The van der Waals surface area contributed by atoms with Crippen LogP contribution >= 0.6 is 15.9 Å². The lowest BCUT2D eigenvalue weighted by Crippen LogP contribution is -2.11. The molecule has 0 aliphatic rings. The molecule has 0 unspecified atom stereocenters. The number of aromatic amines is 2. The number of hydrogen-bond acceptors (Lipinski definition) is 2. The highest BCUT2D eigenvalue weighted by Crippen LogP contribution is 2.32. The topological polar surface area (TPSA) is 56.5 Å². The van der Waals surface area contributed by atoms with Gasteiger partial charge in [0, 0.05) is 35.6 Å². The lowest BCUT2D eigenvalue weighted by molar-refractivity contribution is 0.764. The average Bonchev–Trinajstić information content (AvgIpc) is 2.99. The number of para-hydroxylation sites is 1. The van der Waals surface area contributed by atoms with E-state index in [0.717, 1.165) is 40.2 Å². The number of nitrogens with one attached hydrogen (secondary N) is 3. The smallest absolute Gasteiger partial charge is 0.110 e. The summed E-state index contributed by atoms with van der Waals surface area (Å²) < 4.78 is 0.934. The molecule has 98 valence electrons. The van der Waals surface area contributed by atoms with Crippen molar-refractivity contribution >= 4 is 26.8 Å². The van der Waals surface area contributed by atoms with E-state index < -0.39 is 0 Å². The Bertz CT molecular complexity index is 698. The van der Waals surface area contributed by atoms with E-state index in [1.54, 1.807) is 0 Å². The van der Waals surface area contributed by atoms with Gasteiger partial charge in [-0.1, -0.05) is 18.2 Å². The normalized spacial score (nSPS) is 11.3. The Balaban J connectivity index is 2.04. The van der Waals surface area contributed by atoms with Gasteiger partial charge in [0.25, 0.3) is 0 Å². The number of imidazole rings is 1. The van der Waals surface area contributed by atoms with Crippen LogP contribution in [-0.2, 0) is 6.42 Å². The maximum atomic E-state index is 4.68. The molecule has 0 radical (unpaired) electrons. The third-order valence-corrected chi connectivity index (χ3v) is 3.74. The van der Waals surface area contributed by atoms with Crippen molar-refractivity contribution in [3.8, 4) is 11.3 Å². The Morgan fingerprint density at radius 3 is 3.00 bits per heavy atom. The van der Waals surface area contributed by atoms with Gasteiger partial charge in [-0.05, 0) is 29.0 Å². The summed E-state index contributed by atoms with van der Waals surface area (Å²) in [6.07, 6.45) is 2.89. The fraction of sp³-hybridized carbons (Fsp3) is 0.214. The van der Waals surface area contributed by atoms with Crippen molar-refractivity contribution < 1.29 is 0 Å². The highest BCUT2D eigenvalue weighted by molar-refractivity contribution is 9.10. The zero-order valence-corrected chi connectivity index (χ0v) is 12.2. The minimum absolute atomic E-state index is 0.886. The number of rotatable bonds is 4. The largest absolute Gasteiger partial charge is 0.360 e. The summed E-state index contributed by atoms with van der Waals surface area (Å²) in [5.74, 6) is 0.988. The first-order valence-electron chi connectivity index (χ1n) is 6.25. The molecule has 0 spiro atoms. The zero-order chi connectivity index (χ0) is 13.2. The Labute approximate surface area is 119 Å². The van der Waals surface area contributed by atoms with Gasteiger partial charge in [-0.2, -0.15) is 0 Å². The van der Waals surface area contributed by atoms with E-state index in [0.29, 0.717) is 0 Å². The van der Waals surface area contributed by atoms with Crippen molar-refractivity contribution in [3.63, 3.8) is 0 Å². The van der Waals surface area contributed by atoms with Crippen LogP contribution in [0.15, 0.2) is 35.1 Å². The molecule has 0 aliphatic carbocycles. The number of likely N-dealkylation sites (N-methyl/N-ethyl adjacent to an activating group) is 1. The quantitative estimate of drug-likeness (QED) is 0.692. The van der Waals surface area contributed by atoms with Gasteiger partial charge in [0.15, 0.2) is 0 Å². The SMILES string of the molecule is CNCCc1nc(-c2c[nH]c3ccccc23)c(Br)[nH]1. The van der Waals surface area contributed by atoms with E-state index in [2.05, 4.69) is 48.3 Å². The summed E-state index contributed by atoms with van der Waals surface area (Å²) in [4.78, 5) is 11.2. The first kappa shape index (κ1) is 12.4. The van der Waals surface area contributed by atoms with Crippen LogP contribution in [0.4, 0.5) is 0 Å². The van der Waals surface area contributed by atoms with E-state index in [4.69, 9.17) is 0 Å². The second kappa shape index (κ2) is 5.19. The average molecular weight is 319 g/mol. The second-order valence-corrected chi connectivity index (χ2v) is 5.24. The summed E-state index contributed by atoms with van der Waals surface area (Å²) >= 11 is 3.56. The molecule has 5 heteroatoms. The van der Waals surface area contributed by atoms with Crippen molar-refractivity contribution in [2.75, 3.05) is 13.6 Å². The molecule has 0 saturated heterocycles. The van der Waals surface area contributed by atoms with Crippen molar-refractivity contribution in [1.82, 2.24) is 20.3 Å². The predicted octanol–water partition coefficient (Wildman–Crippen LogP) is 3.08. The number of fused-ring (bicyclic) bond motifs is 1. The Hall–Kier alpha value is -1.59. The van der Waals surface area contributed by atoms with Crippen molar-refractivity contribution in [2.45, 2.75) is 6.42 Å². The molecule has 0 bridgehead atoms. The highest BCUT2D eigenvalue weighted by Gasteiger charge is 2.13. The van der Waals surface area contributed by atoms with Gasteiger partial charge in [0.05, 0.1) is 0 Å². The van der Waals surface area contributed by atoms with Crippen LogP contribution in [0.2, 0.25) is 0 Å². The molecule has 0 fully saturated rings. The molecule has 2 heterocycles. The van der Waals surface area contributed by atoms with Gasteiger partial charge in [0.2, 0.25) is 0 Å². The molecule has 3 aromatic rings. The van der Waals surface area contributed by atoms with Crippen LogP contribution in [-0.4, -0.2) is 28.5 Å². The minimum Gasteiger partial charge on any atom is -0.360 e. The molecule has 0 amide bonds. The van der Waals surface area contributed by atoms with E-state index in [1.807, 2.05) is 25.4 Å². The summed E-state index contributed by atoms with van der Waals surface area (Å²) in [5.41, 5.74) is 3.21. The van der Waals surface area contributed by atoms with Gasteiger partial charge < -0.3 is 15.3 Å². The number of H-pyrrole nitrogens is 2. The molecule has 3 N–H and O–H groups in total. The Morgan fingerprint density at radius 1 is 1.32 bits per heavy atom. The highest BCUT2D eigenvalue weighted by atomic mass is 79.9. The first-order chi connectivity index (χ1) is 9.29. The minimum atomic E-state index is 0.886. The van der Waals surface area contributed by atoms with Crippen LogP contribution in [0.5, 0.6) is 0 Å². The van der Waals surface area contributed by atoms with E-state index in [1.165, 1.54) is 5.39 Å². The monoisotopic (exact) mass is 318 g/mol. The van der Waals surface area contributed by atoms with Gasteiger partial charge in [-0.15, -0.1) is 0 Å². The fourth-order valence-corrected chi connectivity index (χ4v) is 2.74. The molecule has 2 aromatic heterocycles. The number of hydrogen-bond donors (Lipinski definition) is 3. The van der Waals surface area contributed by atoms with E-state index in [-0.39, 0.29) is 0 Å². The maximum Gasteiger partial charge on any atom is 0.110 e. The van der Waals surface area contributed by atoms with Gasteiger partial charge in [0.1, 0.15) is 16.1 Å². The van der Waals surface area contributed by atoms with E-state index in [9.17, 15) is 0 Å². The molecule has 19 heavy (non-hydrogen) atoms. The third kappa shape index (κ3) is 2.31. The molecular weight excluding hydrogens is 304 g/mol. The molecule has 0 atom stereocenters. The van der Waals surface area contributed by atoms with Gasteiger partial charge in [-0.3, -0.25) is 0 Å². The van der Waals surface area contributed by atoms with Crippen LogP contribution < -0.4 is 5.32 Å². The number of benzene rings is 1. The summed E-state index contributed by atoms with van der Waals surface area (Å²) in [7, 11) is 1.94. The summed E-state index contributed by atoms with van der Waals surface area (Å²) in [6, 6.07) is 8.25.